The number of nitrogens with one attached hydrogen (secondary N) is 1. The Labute approximate surface area is 170 Å². The molecule has 2 aromatic rings. The van der Waals surface area contributed by atoms with Gasteiger partial charge in [0.15, 0.2) is 6.61 Å². The summed E-state index contributed by atoms with van der Waals surface area (Å²) in [6, 6.07) is 6.26. The number of fused-ring (bicyclic) bond motifs is 1. The zero-order valence-electron chi connectivity index (χ0n) is 16.3. The Hall–Kier alpha value is -3.14. The zero-order valence-corrected chi connectivity index (χ0v) is 16.3. The van der Waals surface area contributed by atoms with E-state index in [1.54, 1.807) is 25.1 Å². The molecule has 0 saturated carbocycles. The van der Waals surface area contributed by atoms with Gasteiger partial charge in [0, 0.05) is 23.9 Å². The van der Waals surface area contributed by atoms with Crippen LogP contribution in [0.3, 0.4) is 0 Å². The Bertz CT molecular complexity index is 976. The second kappa shape index (κ2) is 8.31. The number of nitrogens with zero attached hydrogens (tertiary/aromatic N) is 2. The van der Waals surface area contributed by atoms with Crippen molar-refractivity contribution in [1.82, 2.24) is 9.88 Å². The fourth-order valence-electron chi connectivity index (χ4n) is 3.09. The molecule has 1 aliphatic rings. The summed E-state index contributed by atoms with van der Waals surface area (Å²) in [4.78, 5) is 30.1. The van der Waals surface area contributed by atoms with Crippen molar-refractivity contribution in [2.24, 2.45) is 0 Å². The first-order valence-corrected chi connectivity index (χ1v) is 9.10. The van der Waals surface area contributed by atoms with Crippen molar-refractivity contribution in [2.45, 2.75) is 39.2 Å². The van der Waals surface area contributed by atoms with Crippen molar-refractivity contribution in [1.29, 1.82) is 0 Å². The Morgan fingerprint density at radius 3 is 2.73 bits per heavy atom. The van der Waals surface area contributed by atoms with E-state index in [2.05, 4.69) is 10.3 Å². The first kappa shape index (κ1) is 21.6. The lowest BCUT2D eigenvalue weighted by Crippen LogP contribution is -2.26. The summed E-state index contributed by atoms with van der Waals surface area (Å²) in [6.07, 6.45) is -4.25. The number of aliphatic hydroxyl groups is 1. The Morgan fingerprint density at radius 1 is 1.37 bits per heavy atom. The molecule has 7 nitrogen and oxygen atoms in total. The number of alkyl halides is 3. The van der Waals surface area contributed by atoms with E-state index in [0.717, 1.165) is 5.56 Å². The lowest BCUT2D eigenvalue weighted by molar-refractivity contribution is -0.153. The van der Waals surface area contributed by atoms with Gasteiger partial charge in [-0.3, -0.25) is 9.59 Å². The fraction of sp³-hybridized carbons (Fsp3) is 0.350. The van der Waals surface area contributed by atoms with E-state index >= 15 is 0 Å². The minimum absolute atomic E-state index is 0.124. The number of rotatable bonds is 6. The number of pyridine rings is 1. The van der Waals surface area contributed by atoms with Gasteiger partial charge in [-0.1, -0.05) is 12.1 Å². The maximum Gasteiger partial charge on any atom is 0.422 e. The van der Waals surface area contributed by atoms with Crippen LogP contribution in [0.4, 0.5) is 19.0 Å². The molecule has 0 fully saturated rings. The summed E-state index contributed by atoms with van der Waals surface area (Å²) in [6.45, 7) is 1.99. The van der Waals surface area contributed by atoms with Crippen LogP contribution in [0, 0.1) is 6.92 Å². The summed E-state index contributed by atoms with van der Waals surface area (Å²) in [5, 5.41) is 11.9. The van der Waals surface area contributed by atoms with Gasteiger partial charge in [-0.15, -0.1) is 0 Å². The summed E-state index contributed by atoms with van der Waals surface area (Å²) in [5.74, 6) is -0.553. The maximum absolute atomic E-state index is 12.7. The average molecular weight is 423 g/mol. The van der Waals surface area contributed by atoms with Crippen LogP contribution in [0.25, 0.3) is 0 Å². The maximum atomic E-state index is 12.7. The van der Waals surface area contributed by atoms with Crippen LogP contribution in [-0.2, 0) is 17.9 Å². The van der Waals surface area contributed by atoms with Crippen molar-refractivity contribution in [3.8, 4) is 5.75 Å². The van der Waals surface area contributed by atoms with Crippen molar-refractivity contribution < 1.29 is 32.6 Å². The molecular formula is C20H20F3N3O4. The second-order valence-corrected chi connectivity index (χ2v) is 7.02. The highest BCUT2D eigenvalue weighted by Gasteiger charge is 2.31. The molecule has 0 aliphatic carbocycles. The number of carbonyl (C=O) groups excluding carboxylic acids is 2. The number of ether oxygens (including phenoxy) is 1. The van der Waals surface area contributed by atoms with Crippen LogP contribution in [0.1, 0.15) is 34.0 Å². The second-order valence-electron chi connectivity index (χ2n) is 7.02. The van der Waals surface area contributed by atoms with Gasteiger partial charge in [-0.2, -0.15) is 13.2 Å². The average Bonchev–Trinajstić information content (AvgIpc) is 2.97. The Kier molecular flexibility index (Phi) is 5.97. The lowest BCUT2D eigenvalue weighted by Gasteiger charge is -2.17. The molecule has 0 spiro atoms. The number of halogens is 3. The van der Waals surface area contributed by atoms with E-state index in [4.69, 9.17) is 4.74 Å². The molecule has 2 N–H and O–H groups in total. The van der Waals surface area contributed by atoms with Gasteiger partial charge in [-0.25, -0.2) is 4.98 Å². The van der Waals surface area contributed by atoms with E-state index in [9.17, 15) is 27.9 Å². The van der Waals surface area contributed by atoms with Gasteiger partial charge < -0.3 is 20.1 Å². The van der Waals surface area contributed by atoms with Crippen LogP contribution >= 0.6 is 0 Å². The van der Waals surface area contributed by atoms with Crippen LogP contribution in [0.2, 0.25) is 0 Å². The molecule has 2 amide bonds. The molecule has 1 atom stereocenters. The summed E-state index contributed by atoms with van der Waals surface area (Å²) in [5.41, 5.74) is 2.18. The SMILES string of the molecule is Cc1cc(CN2Cc3c(ccnc3NC(=O)[C@@H](C)O)C2=O)ccc1OCC(F)(F)F. The van der Waals surface area contributed by atoms with Crippen molar-refractivity contribution >= 4 is 17.6 Å². The van der Waals surface area contributed by atoms with E-state index in [1.165, 1.54) is 24.1 Å². The first-order chi connectivity index (χ1) is 14.0. The smallest absolute Gasteiger partial charge is 0.422 e. The number of hydrogen-bond acceptors (Lipinski definition) is 5. The number of carbonyl (C=O) groups is 2. The lowest BCUT2D eigenvalue weighted by atomic mass is 10.1. The van der Waals surface area contributed by atoms with Crippen LogP contribution in [0.15, 0.2) is 30.5 Å². The van der Waals surface area contributed by atoms with E-state index in [0.29, 0.717) is 16.7 Å². The largest absolute Gasteiger partial charge is 0.484 e. The van der Waals surface area contributed by atoms with Crippen LogP contribution < -0.4 is 10.1 Å². The highest BCUT2D eigenvalue weighted by atomic mass is 19.4. The third-order valence-corrected chi connectivity index (χ3v) is 4.55. The minimum atomic E-state index is -4.42. The molecule has 1 aromatic carbocycles. The third kappa shape index (κ3) is 4.88. The highest BCUT2D eigenvalue weighted by Crippen LogP contribution is 2.30. The standard InChI is InChI=1S/C20H20F3N3O4/c1-11-7-13(3-4-16(11)30-10-20(21,22)23)8-26-9-15-14(19(26)29)5-6-24-17(15)25-18(28)12(2)27/h3-7,12,27H,8-10H2,1-2H3,(H,24,25,28)/t12-/m1/s1. The summed E-state index contributed by atoms with van der Waals surface area (Å²) < 4.78 is 41.8. The Balaban J connectivity index is 1.73. The molecule has 0 saturated heterocycles. The molecule has 0 radical (unpaired) electrons. The van der Waals surface area contributed by atoms with Crippen LogP contribution in [-0.4, -0.2) is 45.7 Å². The normalized spacial score (nSPS) is 14.5. The van der Waals surface area contributed by atoms with Crippen molar-refractivity contribution in [3.63, 3.8) is 0 Å². The molecule has 1 aromatic heterocycles. The topological polar surface area (TPSA) is 91.8 Å². The predicted molar refractivity (Wildman–Crippen MR) is 101 cm³/mol. The molecule has 0 unspecified atom stereocenters. The Morgan fingerprint density at radius 2 is 2.10 bits per heavy atom. The van der Waals surface area contributed by atoms with E-state index < -0.39 is 24.8 Å². The number of aliphatic hydroxyl groups excluding tert-OH is 1. The van der Waals surface area contributed by atoms with E-state index in [-0.39, 0.29) is 30.6 Å². The van der Waals surface area contributed by atoms with Gasteiger partial charge in [-0.05, 0) is 37.1 Å². The summed E-state index contributed by atoms with van der Waals surface area (Å²) >= 11 is 0. The van der Waals surface area contributed by atoms with E-state index in [1.807, 2.05) is 0 Å². The summed E-state index contributed by atoms with van der Waals surface area (Å²) in [7, 11) is 0. The number of hydrogen-bond donors (Lipinski definition) is 2. The fourth-order valence-corrected chi connectivity index (χ4v) is 3.09. The first-order valence-electron chi connectivity index (χ1n) is 9.10. The highest BCUT2D eigenvalue weighted by molar-refractivity contribution is 6.01. The number of amides is 2. The van der Waals surface area contributed by atoms with Crippen LogP contribution in [0.5, 0.6) is 5.75 Å². The monoisotopic (exact) mass is 423 g/mol. The third-order valence-electron chi connectivity index (χ3n) is 4.55. The number of aromatic nitrogens is 1. The molecule has 160 valence electrons. The van der Waals surface area contributed by atoms with Crippen molar-refractivity contribution in [2.75, 3.05) is 11.9 Å². The minimum Gasteiger partial charge on any atom is -0.484 e. The zero-order chi connectivity index (χ0) is 22.1. The predicted octanol–water partition coefficient (Wildman–Crippen LogP) is 2.81. The van der Waals surface area contributed by atoms with Gasteiger partial charge >= 0.3 is 6.18 Å². The molecule has 2 heterocycles. The number of benzene rings is 1. The molecule has 0 bridgehead atoms. The quantitative estimate of drug-likeness (QED) is 0.746. The molecular weight excluding hydrogens is 403 g/mol. The molecule has 1 aliphatic heterocycles. The molecule has 3 rings (SSSR count). The van der Waals surface area contributed by atoms with Gasteiger partial charge in [0.05, 0.1) is 6.54 Å². The number of anilines is 1. The molecule has 30 heavy (non-hydrogen) atoms. The van der Waals surface area contributed by atoms with Gasteiger partial charge in [0.2, 0.25) is 0 Å². The van der Waals surface area contributed by atoms with Gasteiger partial charge in [0.1, 0.15) is 17.7 Å². The van der Waals surface area contributed by atoms with Gasteiger partial charge in [0.25, 0.3) is 11.8 Å². The van der Waals surface area contributed by atoms with Crippen molar-refractivity contribution in [3.05, 3.63) is 52.7 Å². The number of aryl methyl sites for hydroxylation is 1. The molecule has 10 heteroatoms.